The second kappa shape index (κ2) is 4.70. The number of benzene rings is 1. The third-order valence-corrected chi connectivity index (χ3v) is 5.15. The van der Waals surface area contributed by atoms with Crippen molar-refractivity contribution in [1.29, 1.82) is 0 Å². The zero-order valence-corrected chi connectivity index (χ0v) is 11.5. The Kier molecular flexibility index (Phi) is 3.36. The molecule has 0 unspecified atom stereocenters. The van der Waals surface area contributed by atoms with Crippen LogP contribution in [0, 0.1) is 0 Å². The molecule has 1 aromatic heterocycles. The van der Waals surface area contributed by atoms with Crippen LogP contribution < -0.4 is 0 Å². The molecule has 0 bridgehead atoms. The highest BCUT2D eigenvalue weighted by molar-refractivity contribution is 7.91. The Morgan fingerprint density at radius 2 is 2.00 bits per heavy atom. The molecule has 2 N–H and O–H groups in total. The molecule has 5 nitrogen and oxygen atoms in total. The molecular formula is C13H15NO4S. The van der Waals surface area contributed by atoms with Crippen molar-refractivity contribution in [3.05, 3.63) is 35.5 Å². The quantitative estimate of drug-likeness (QED) is 0.899. The third-order valence-electron chi connectivity index (χ3n) is 3.00. The van der Waals surface area contributed by atoms with E-state index < -0.39 is 21.1 Å². The highest BCUT2D eigenvalue weighted by Gasteiger charge is 2.18. The molecule has 0 aliphatic carbocycles. The summed E-state index contributed by atoms with van der Waals surface area (Å²) in [6, 6.07) is 6.41. The zero-order chi connectivity index (χ0) is 14.2. The van der Waals surface area contributed by atoms with Gasteiger partial charge >= 0.3 is 5.97 Å². The Hall–Kier alpha value is -1.82. The Morgan fingerprint density at radius 1 is 1.32 bits per heavy atom. The molecule has 0 aliphatic rings. The number of hydrogen-bond donors (Lipinski definition) is 2. The average molecular weight is 281 g/mol. The summed E-state index contributed by atoms with van der Waals surface area (Å²) in [5.41, 5.74) is 1.38. The van der Waals surface area contributed by atoms with Crippen molar-refractivity contribution >= 4 is 26.7 Å². The van der Waals surface area contributed by atoms with E-state index in [1.54, 1.807) is 26.0 Å². The number of carboxylic acid groups (broad SMARTS) is 1. The number of carboxylic acids is 1. The minimum absolute atomic E-state index is 0.0677. The van der Waals surface area contributed by atoms with Crippen molar-refractivity contribution in [2.24, 2.45) is 0 Å². The van der Waals surface area contributed by atoms with Gasteiger partial charge in [-0.2, -0.15) is 0 Å². The predicted octanol–water partition coefficient (Wildman–Crippen LogP) is 2.19. The van der Waals surface area contributed by atoms with Crippen LogP contribution in [0.25, 0.3) is 10.9 Å². The lowest BCUT2D eigenvalue weighted by molar-refractivity contribution is 0.0697. The zero-order valence-electron chi connectivity index (χ0n) is 10.7. The second-order valence-electron chi connectivity index (χ2n) is 4.76. The summed E-state index contributed by atoms with van der Waals surface area (Å²) in [4.78, 5) is 13.8. The predicted molar refractivity (Wildman–Crippen MR) is 73.0 cm³/mol. The molecule has 6 heteroatoms. The smallest absolute Gasteiger partial charge is 0.335 e. The van der Waals surface area contributed by atoms with Gasteiger partial charge in [0.1, 0.15) is 0 Å². The SMILES string of the molecule is CC(C)S(=O)(=O)Cc1cc2ccc(C(=O)O)cc2[nH]1. The maximum atomic E-state index is 11.8. The van der Waals surface area contributed by atoms with Crippen molar-refractivity contribution < 1.29 is 18.3 Å². The summed E-state index contributed by atoms with van der Waals surface area (Å²) in [6.07, 6.45) is 0. The van der Waals surface area contributed by atoms with E-state index in [0.29, 0.717) is 11.2 Å². The number of hydrogen-bond acceptors (Lipinski definition) is 3. The van der Waals surface area contributed by atoms with Crippen molar-refractivity contribution in [2.75, 3.05) is 0 Å². The van der Waals surface area contributed by atoms with Gasteiger partial charge in [-0.3, -0.25) is 0 Å². The fraction of sp³-hybridized carbons (Fsp3) is 0.308. The first-order valence-corrected chi connectivity index (χ1v) is 7.57. The molecule has 0 atom stereocenters. The Labute approximate surface area is 111 Å². The lowest BCUT2D eigenvalue weighted by Gasteiger charge is -2.05. The van der Waals surface area contributed by atoms with Crippen LogP contribution in [0.3, 0.4) is 0 Å². The molecule has 102 valence electrons. The molecule has 0 aliphatic heterocycles. The van der Waals surface area contributed by atoms with Gasteiger partial charge in [-0.1, -0.05) is 6.07 Å². The van der Waals surface area contributed by atoms with Gasteiger partial charge in [0.25, 0.3) is 0 Å². The van der Waals surface area contributed by atoms with Crippen molar-refractivity contribution in [3.63, 3.8) is 0 Å². The van der Waals surface area contributed by atoms with E-state index in [1.807, 2.05) is 0 Å². The molecule has 0 saturated heterocycles. The number of aromatic carboxylic acids is 1. The summed E-state index contributed by atoms with van der Waals surface area (Å²) < 4.78 is 23.7. The summed E-state index contributed by atoms with van der Waals surface area (Å²) >= 11 is 0. The van der Waals surface area contributed by atoms with Crippen LogP contribution in [0.2, 0.25) is 0 Å². The molecule has 0 amide bonds. The molecule has 0 spiro atoms. The van der Waals surface area contributed by atoms with Gasteiger partial charge in [-0.15, -0.1) is 0 Å². The highest BCUT2D eigenvalue weighted by Crippen LogP contribution is 2.19. The lowest BCUT2D eigenvalue weighted by Crippen LogP contribution is -2.16. The maximum absolute atomic E-state index is 11.8. The average Bonchev–Trinajstić information content (AvgIpc) is 2.68. The number of carbonyl (C=O) groups is 1. The number of aromatic amines is 1. The topological polar surface area (TPSA) is 87.2 Å². The van der Waals surface area contributed by atoms with Crippen LogP contribution in [0.5, 0.6) is 0 Å². The number of aromatic nitrogens is 1. The van der Waals surface area contributed by atoms with Crippen LogP contribution in [0.4, 0.5) is 0 Å². The molecular weight excluding hydrogens is 266 g/mol. The van der Waals surface area contributed by atoms with Crippen LogP contribution in [-0.4, -0.2) is 29.7 Å². The fourth-order valence-corrected chi connectivity index (χ4v) is 2.70. The number of nitrogens with one attached hydrogen (secondary N) is 1. The molecule has 0 saturated carbocycles. The van der Waals surface area contributed by atoms with E-state index in [-0.39, 0.29) is 11.3 Å². The van der Waals surface area contributed by atoms with Crippen LogP contribution >= 0.6 is 0 Å². The van der Waals surface area contributed by atoms with Crippen LogP contribution in [0.1, 0.15) is 29.9 Å². The third kappa shape index (κ3) is 2.78. The summed E-state index contributed by atoms with van der Waals surface area (Å²) in [6.45, 7) is 3.28. The van der Waals surface area contributed by atoms with E-state index in [4.69, 9.17) is 5.11 Å². The minimum atomic E-state index is -3.17. The molecule has 0 radical (unpaired) electrons. The first kappa shape index (κ1) is 13.6. The normalized spacial score (nSPS) is 12.2. The molecule has 1 aromatic carbocycles. The molecule has 2 rings (SSSR count). The monoisotopic (exact) mass is 281 g/mol. The minimum Gasteiger partial charge on any atom is -0.478 e. The molecule has 19 heavy (non-hydrogen) atoms. The van der Waals surface area contributed by atoms with Crippen LogP contribution in [-0.2, 0) is 15.6 Å². The number of sulfone groups is 1. The highest BCUT2D eigenvalue weighted by atomic mass is 32.2. The van der Waals surface area contributed by atoms with Gasteiger partial charge < -0.3 is 10.1 Å². The van der Waals surface area contributed by atoms with Gasteiger partial charge in [0, 0.05) is 11.2 Å². The summed E-state index contributed by atoms with van der Waals surface area (Å²) in [5.74, 6) is -1.07. The largest absolute Gasteiger partial charge is 0.478 e. The number of fused-ring (bicyclic) bond motifs is 1. The van der Waals surface area contributed by atoms with Crippen LogP contribution in [0.15, 0.2) is 24.3 Å². The van der Waals surface area contributed by atoms with E-state index in [9.17, 15) is 13.2 Å². The molecule has 2 aromatic rings. The first-order valence-electron chi connectivity index (χ1n) is 5.86. The van der Waals surface area contributed by atoms with E-state index in [2.05, 4.69) is 4.98 Å². The van der Waals surface area contributed by atoms with Gasteiger partial charge in [0.2, 0.25) is 0 Å². The lowest BCUT2D eigenvalue weighted by atomic mass is 10.2. The molecule has 0 fully saturated rings. The standard InChI is InChI=1S/C13H15NO4S/c1-8(2)19(17,18)7-11-5-9-3-4-10(13(15)16)6-12(9)14-11/h3-6,8,14H,7H2,1-2H3,(H,15,16). The van der Waals surface area contributed by atoms with Gasteiger partial charge in [-0.25, -0.2) is 13.2 Å². The van der Waals surface area contributed by atoms with E-state index >= 15 is 0 Å². The number of rotatable bonds is 4. The molecule has 1 heterocycles. The Balaban J connectivity index is 2.40. The van der Waals surface area contributed by atoms with Gasteiger partial charge in [-0.05, 0) is 37.4 Å². The Bertz CT molecular complexity index is 728. The van der Waals surface area contributed by atoms with Crippen molar-refractivity contribution in [3.8, 4) is 0 Å². The second-order valence-corrected chi connectivity index (χ2v) is 7.31. The van der Waals surface area contributed by atoms with Crippen molar-refractivity contribution in [1.82, 2.24) is 4.98 Å². The van der Waals surface area contributed by atoms with Crippen molar-refractivity contribution in [2.45, 2.75) is 24.9 Å². The van der Waals surface area contributed by atoms with Gasteiger partial charge in [0.15, 0.2) is 9.84 Å². The Morgan fingerprint density at radius 3 is 2.58 bits per heavy atom. The fourth-order valence-electron chi connectivity index (χ4n) is 1.78. The van der Waals surface area contributed by atoms with E-state index in [0.717, 1.165) is 5.39 Å². The number of H-pyrrole nitrogens is 1. The van der Waals surface area contributed by atoms with Gasteiger partial charge in [0.05, 0.1) is 16.6 Å². The maximum Gasteiger partial charge on any atom is 0.335 e. The summed E-state index contributed by atoms with van der Waals surface area (Å²) in [7, 11) is -3.17. The van der Waals surface area contributed by atoms with E-state index in [1.165, 1.54) is 12.1 Å². The first-order chi connectivity index (χ1) is 8.79. The summed E-state index contributed by atoms with van der Waals surface area (Å²) in [5, 5.41) is 9.27.